The number of nitrogens with one attached hydrogen (secondary N) is 3. The van der Waals surface area contributed by atoms with Crippen molar-refractivity contribution in [1.29, 1.82) is 0 Å². The minimum atomic E-state index is -0.403. The number of rotatable bonds is 6. The van der Waals surface area contributed by atoms with Crippen LogP contribution in [0.25, 0.3) is 0 Å². The van der Waals surface area contributed by atoms with Gasteiger partial charge in [-0.2, -0.15) is 0 Å². The highest BCUT2D eigenvalue weighted by molar-refractivity contribution is 9.10. The summed E-state index contributed by atoms with van der Waals surface area (Å²) in [6.45, 7) is 1.72. The number of thiophene rings is 1. The normalized spacial score (nSPS) is 10.3. The number of anilines is 2. The average molecular weight is 472 g/mol. The molecule has 148 valence electrons. The Hall–Kier alpha value is -2.97. The van der Waals surface area contributed by atoms with E-state index in [9.17, 15) is 14.4 Å². The van der Waals surface area contributed by atoms with Crippen molar-refractivity contribution in [3.63, 3.8) is 0 Å². The minimum Gasteiger partial charge on any atom is -0.343 e. The van der Waals surface area contributed by atoms with Crippen molar-refractivity contribution in [1.82, 2.24) is 5.32 Å². The molecular formula is C21H18BrN3O3S. The van der Waals surface area contributed by atoms with Gasteiger partial charge in [0.2, 0.25) is 5.91 Å². The van der Waals surface area contributed by atoms with Gasteiger partial charge < -0.3 is 16.0 Å². The molecule has 0 saturated heterocycles. The molecule has 3 N–H and O–H groups in total. The second kappa shape index (κ2) is 9.49. The zero-order chi connectivity index (χ0) is 20.8. The van der Waals surface area contributed by atoms with Crippen molar-refractivity contribution in [2.75, 3.05) is 17.2 Å². The first-order valence-corrected chi connectivity index (χ1v) is 10.4. The lowest BCUT2D eigenvalue weighted by atomic mass is 10.2. The maximum atomic E-state index is 12.4. The number of halogens is 1. The van der Waals surface area contributed by atoms with E-state index in [4.69, 9.17) is 0 Å². The lowest BCUT2D eigenvalue weighted by Crippen LogP contribution is -2.33. The summed E-state index contributed by atoms with van der Waals surface area (Å²) in [5, 5.41) is 9.93. The van der Waals surface area contributed by atoms with E-state index in [0.29, 0.717) is 21.8 Å². The predicted molar refractivity (Wildman–Crippen MR) is 119 cm³/mol. The van der Waals surface area contributed by atoms with Gasteiger partial charge in [0.1, 0.15) is 0 Å². The molecule has 0 atom stereocenters. The molecule has 29 heavy (non-hydrogen) atoms. The quantitative estimate of drug-likeness (QED) is 0.496. The summed E-state index contributed by atoms with van der Waals surface area (Å²) in [6, 6.07) is 15.6. The molecule has 8 heteroatoms. The molecule has 0 bridgehead atoms. The number of benzene rings is 2. The lowest BCUT2D eigenvalue weighted by molar-refractivity contribution is -0.115. The van der Waals surface area contributed by atoms with E-state index in [1.165, 1.54) is 11.3 Å². The number of carbonyl (C=O) groups is 3. The molecule has 1 aromatic heterocycles. The highest BCUT2D eigenvalue weighted by Gasteiger charge is 2.12. The highest BCUT2D eigenvalue weighted by Crippen LogP contribution is 2.20. The van der Waals surface area contributed by atoms with Crippen molar-refractivity contribution in [2.45, 2.75) is 6.92 Å². The van der Waals surface area contributed by atoms with Crippen molar-refractivity contribution in [3.8, 4) is 0 Å². The van der Waals surface area contributed by atoms with E-state index in [2.05, 4.69) is 31.9 Å². The Bertz CT molecular complexity index is 1050. The number of carbonyl (C=O) groups excluding carboxylic acids is 3. The van der Waals surface area contributed by atoms with E-state index in [1.54, 1.807) is 42.5 Å². The number of hydrogen-bond acceptors (Lipinski definition) is 4. The Balaban J connectivity index is 1.56. The van der Waals surface area contributed by atoms with Crippen LogP contribution in [0.15, 0.2) is 64.5 Å². The smallest absolute Gasteiger partial charge is 0.265 e. The van der Waals surface area contributed by atoms with Gasteiger partial charge in [-0.3, -0.25) is 14.4 Å². The van der Waals surface area contributed by atoms with Crippen LogP contribution in [0.3, 0.4) is 0 Å². The zero-order valence-corrected chi connectivity index (χ0v) is 17.9. The Morgan fingerprint density at radius 3 is 2.52 bits per heavy atom. The maximum absolute atomic E-state index is 12.4. The van der Waals surface area contributed by atoms with Gasteiger partial charge >= 0.3 is 0 Å². The molecule has 0 radical (unpaired) electrons. The molecule has 6 nitrogen and oxygen atoms in total. The van der Waals surface area contributed by atoms with E-state index >= 15 is 0 Å². The summed E-state index contributed by atoms with van der Waals surface area (Å²) in [6.07, 6.45) is 0. The summed E-state index contributed by atoms with van der Waals surface area (Å²) < 4.78 is 0.923. The van der Waals surface area contributed by atoms with Gasteiger partial charge in [-0.15, -0.1) is 11.3 Å². The molecule has 3 amide bonds. The van der Waals surface area contributed by atoms with Gasteiger partial charge in [-0.1, -0.05) is 28.1 Å². The first-order valence-electron chi connectivity index (χ1n) is 8.71. The van der Waals surface area contributed by atoms with Crippen LogP contribution < -0.4 is 16.0 Å². The second-order valence-corrected chi connectivity index (χ2v) is 8.07. The zero-order valence-electron chi connectivity index (χ0n) is 15.5. The molecule has 1 heterocycles. The Morgan fingerprint density at radius 1 is 0.966 bits per heavy atom. The van der Waals surface area contributed by atoms with Crippen molar-refractivity contribution in [3.05, 3.63) is 80.5 Å². The van der Waals surface area contributed by atoms with Crippen LogP contribution >= 0.6 is 27.3 Å². The Morgan fingerprint density at radius 2 is 1.79 bits per heavy atom. The van der Waals surface area contributed by atoms with Crippen molar-refractivity contribution < 1.29 is 14.4 Å². The summed E-state index contributed by atoms with van der Waals surface area (Å²) in [4.78, 5) is 37.2. The fourth-order valence-electron chi connectivity index (χ4n) is 2.56. The maximum Gasteiger partial charge on any atom is 0.265 e. The largest absolute Gasteiger partial charge is 0.343 e. The van der Waals surface area contributed by atoms with E-state index < -0.39 is 5.91 Å². The Labute approximate surface area is 180 Å². The van der Waals surface area contributed by atoms with Gasteiger partial charge in [0.05, 0.1) is 11.4 Å². The average Bonchev–Trinajstić information content (AvgIpc) is 3.23. The van der Waals surface area contributed by atoms with Crippen LogP contribution in [-0.4, -0.2) is 24.3 Å². The molecule has 0 aliphatic heterocycles. The van der Waals surface area contributed by atoms with E-state index in [-0.39, 0.29) is 18.4 Å². The van der Waals surface area contributed by atoms with Crippen LogP contribution in [0.5, 0.6) is 0 Å². The van der Waals surface area contributed by atoms with Gasteiger partial charge in [0.25, 0.3) is 11.8 Å². The molecule has 0 spiro atoms. The summed E-state index contributed by atoms with van der Waals surface area (Å²) in [7, 11) is 0. The van der Waals surface area contributed by atoms with Gasteiger partial charge in [0, 0.05) is 21.4 Å². The molecule has 3 aromatic rings. The topological polar surface area (TPSA) is 87.3 Å². The monoisotopic (exact) mass is 471 g/mol. The molecule has 0 aliphatic rings. The minimum absolute atomic E-state index is 0.167. The number of amides is 3. The molecule has 0 fully saturated rings. The molecule has 2 aromatic carbocycles. The summed E-state index contributed by atoms with van der Waals surface area (Å²) >= 11 is 4.71. The Kier molecular flexibility index (Phi) is 6.79. The third-order valence-corrected chi connectivity index (χ3v) is 5.36. The van der Waals surface area contributed by atoms with Crippen molar-refractivity contribution >= 4 is 56.4 Å². The summed E-state index contributed by atoms with van der Waals surface area (Å²) in [5.41, 5.74) is 2.45. The van der Waals surface area contributed by atoms with E-state index in [0.717, 1.165) is 10.0 Å². The molecule has 0 saturated carbocycles. The molecule has 0 unspecified atom stereocenters. The van der Waals surface area contributed by atoms with Gasteiger partial charge in [-0.05, 0) is 60.3 Å². The first kappa shape index (κ1) is 20.8. The predicted octanol–water partition coefficient (Wildman–Crippen LogP) is 4.44. The number of hydrogen-bond donors (Lipinski definition) is 3. The standard InChI is InChI=1S/C21H18BrN3O3S/c1-13-10-15(22)7-8-17(13)25-19(26)12-23-20(27)14-4-2-5-16(11-14)24-21(28)18-6-3-9-29-18/h2-11H,12H2,1H3,(H,23,27)(H,24,28)(H,25,26). The lowest BCUT2D eigenvalue weighted by Gasteiger charge is -2.10. The molecule has 3 rings (SSSR count). The van der Waals surface area contributed by atoms with Gasteiger partial charge in [-0.25, -0.2) is 0 Å². The fourth-order valence-corrected chi connectivity index (χ4v) is 3.66. The third-order valence-electron chi connectivity index (χ3n) is 4.00. The third kappa shape index (κ3) is 5.75. The van der Waals surface area contributed by atoms with Crippen LogP contribution in [0.4, 0.5) is 11.4 Å². The first-order chi connectivity index (χ1) is 13.9. The van der Waals surface area contributed by atoms with Crippen LogP contribution in [0.2, 0.25) is 0 Å². The van der Waals surface area contributed by atoms with Crippen LogP contribution in [0.1, 0.15) is 25.6 Å². The van der Waals surface area contributed by atoms with Crippen LogP contribution in [0, 0.1) is 6.92 Å². The van der Waals surface area contributed by atoms with Crippen LogP contribution in [-0.2, 0) is 4.79 Å². The highest BCUT2D eigenvalue weighted by atomic mass is 79.9. The van der Waals surface area contributed by atoms with Gasteiger partial charge in [0.15, 0.2) is 0 Å². The van der Waals surface area contributed by atoms with E-state index in [1.807, 2.05) is 24.4 Å². The SMILES string of the molecule is Cc1cc(Br)ccc1NC(=O)CNC(=O)c1cccc(NC(=O)c2cccs2)c1. The molecule has 0 aliphatic carbocycles. The number of aryl methyl sites for hydroxylation is 1. The fraction of sp³-hybridized carbons (Fsp3) is 0.0952. The molecular weight excluding hydrogens is 454 g/mol. The summed E-state index contributed by atoms with van der Waals surface area (Å²) in [5.74, 6) is -0.965. The second-order valence-electron chi connectivity index (χ2n) is 6.20. The van der Waals surface area contributed by atoms with Crippen molar-refractivity contribution in [2.24, 2.45) is 0 Å².